The Morgan fingerprint density at radius 3 is 2.83 bits per heavy atom. The van der Waals surface area contributed by atoms with Crippen molar-refractivity contribution in [1.82, 2.24) is 14.9 Å². The summed E-state index contributed by atoms with van der Waals surface area (Å²) in [5.41, 5.74) is 4.19. The molecular formula is C23H31N3O3S. The topological polar surface area (TPSA) is 78.5 Å². The van der Waals surface area contributed by atoms with Gasteiger partial charge in [0, 0.05) is 31.1 Å². The number of rotatable bonds is 10. The van der Waals surface area contributed by atoms with Gasteiger partial charge >= 0.3 is 0 Å². The summed E-state index contributed by atoms with van der Waals surface area (Å²) in [5, 5.41) is 12.9. The minimum absolute atomic E-state index is 0.118. The quantitative estimate of drug-likeness (QED) is 0.511. The standard InChI is InChI=1S/C23H31N3O3S/c1-5-6-17(27)12-26(9-10-29-4)13-20-24-22(28)21-19(14-30-23(21)25-20)18-11-15(2)7-8-16(18)3/h7-8,11,14,17,27H,5-6,9-10,12-13H2,1-4H3,(H,24,25,28). The van der Waals surface area contributed by atoms with Gasteiger partial charge in [-0.05, 0) is 31.4 Å². The van der Waals surface area contributed by atoms with Gasteiger partial charge in [-0.25, -0.2) is 4.98 Å². The number of aliphatic hydroxyl groups excluding tert-OH is 1. The van der Waals surface area contributed by atoms with E-state index in [9.17, 15) is 9.90 Å². The maximum absolute atomic E-state index is 13.0. The van der Waals surface area contributed by atoms with Crippen LogP contribution in [0.5, 0.6) is 0 Å². The fourth-order valence-corrected chi connectivity index (χ4v) is 4.64. The van der Waals surface area contributed by atoms with Crippen molar-refractivity contribution in [2.24, 2.45) is 0 Å². The van der Waals surface area contributed by atoms with Gasteiger partial charge in [0.15, 0.2) is 0 Å². The number of hydrogen-bond donors (Lipinski definition) is 2. The number of hydrogen-bond acceptors (Lipinski definition) is 6. The van der Waals surface area contributed by atoms with Crippen molar-refractivity contribution >= 4 is 21.6 Å². The van der Waals surface area contributed by atoms with Gasteiger partial charge in [-0.3, -0.25) is 9.69 Å². The van der Waals surface area contributed by atoms with Crippen molar-refractivity contribution in [2.75, 3.05) is 26.8 Å². The van der Waals surface area contributed by atoms with Crippen LogP contribution in [0.25, 0.3) is 21.3 Å². The van der Waals surface area contributed by atoms with Gasteiger partial charge in [-0.2, -0.15) is 0 Å². The Balaban J connectivity index is 1.91. The van der Waals surface area contributed by atoms with Gasteiger partial charge in [0.1, 0.15) is 10.7 Å². The van der Waals surface area contributed by atoms with Gasteiger partial charge in [0.05, 0.1) is 24.6 Å². The molecule has 6 nitrogen and oxygen atoms in total. The zero-order valence-corrected chi connectivity index (χ0v) is 19.0. The van der Waals surface area contributed by atoms with E-state index in [2.05, 4.69) is 48.9 Å². The second kappa shape index (κ2) is 10.3. The molecule has 2 heterocycles. The average Bonchev–Trinajstić information content (AvgIpc) is 3.12. The van der Waals surface area contributed by atoms with Crippen LogP contribution < -0.4 is 5.56 Å². The minimum Gasteiger partial charge on any atom is -0.392 e. The van der Waals surface area contributed by atoms with Crippen molar-refractivity contribution in [2.45, 2.75) is 46.3 Å². The van der Waals surface area contributed by atoms with Crippen LogP contribution in [0.3, 0.4) is 0 Å². The largest absolute Gasteiger partial charge is 0.392 e. The predicted octanol–water partition coefficient (Wildman–Crippen LogP) is 3.88. The lowest BCUT2D eigenvalue weighted by molar-refractivity contribution is 0.0787. The molecule has 0 saturated carbocycles. The number of aryl methyl sites for hydroxylation is 2. The normalized spacial score (nSPS) is 12.7. The van der Waals surface area contributed by atoms with E-state index in [-0.39, 0.29) is 5.56 Å². The van der Waals surface area contributed by atoms with E-state index in [1.54, 1.807) is 7.11 Å². The van der Waals surface area contributed by atoms with Gasteiger partial charge in [0.2, 0.25) is 0 Å². The Bertz CT molecular complexity index is 1040. The number of nitrogens with one attached hydrogen (secondary N) is 1. The molecule has 0 bridgehead atoms. The number of nitrogens with zero attached hydrogens (tertiary/aromatic N) is 2. The number of aromatic amines is 1. The van der Waals surface area contributed by atoms with Crippen molar-refractivity contribution in [3.05, 3.63) is 50.9 Å². The second-order valence-corrected chi connectivity index (χ2v) is 8.69. The van der Waals surface area contributed by atoms with E-state index in [0.717, 1.165) is 39.9 Å². The Labute approximate surface area is 181 Å². The van der Waals surface area contributed by atoms with E-state index < -0.39 is 6.10 Å². The van der Waals surface area contributed by atoms with Crippen LogP contribution in [0.15, 0.2) is 28.4 Å². The maximum Gasteiger partial charge on any atom is 0.260 e. The first-order valence-electron chi connectivity index (χ1n) is 10.4. The number of fused-ring (bicyclic) bond motifs is 1. The number of thiophene rings is 1. The lowest BCUT2D eigenvalue weighted by Gasteiger charge is -2.24. The monoisotopic (exact) mass is 429 g/mol. The van der Waals surface area contributed by atoms with Gasteiger partial charge in [-0.15, -0.1) is 11.3 Å². The first-order valence-corrected chi connectivity index (χ1v) is 11.3. The van der Waals surface area contributed by atoms with E-state index in [0.29, 0.717) is 37.5 Å². The lowest BCUT2D eigenvalue weighted by Crippen LogP contribution is -2.35. The van der Waals surface area contributed by atoms with E-state index in [4.69, 9.17) is 9.72 Å². The Hall–Kier alpha value is -2.06. The highest BCUT2D eigenvalue weighted by atomic mass is 32.1. The molecular weight excluding hydrogens is 398 g/mol. The zero-order valence-electron chi connectivity index (χ0n) is 18.2. The zero-order chi connectivity index (χ0) is 21.7. The molecule has 0 spiro atoms. The molecule has 162 valence electrons. The third-order valence-electron chi connectivity index (χ3n) is 5.25. The summed E-state index contributed by atoms with van der Waals surface area (Å²) < 4.78 is 5.21. The van der Waals surface area contributed by atoms with E-state index in [1.807, 2.05) is 5.38 Å². The molecule has 1 unspecified atom stereocenters. The van der Waals surface area contributed by atoms with Crippen molar-refractivity contribution < 1.29 is 9.84 Å². The van der Waals surface area contributed by atoms with Crippen molar-refractivity contribution in [3.8, 4) is 11.1 Å². The molecule has 2 N–H and O–H groups in total. The summed E-state index contributed by atoms with van der Waals surface area (Å²) in [5.74, 6) is 0.613. The first kappa shape index (κ1) is 22.6. The molecule has 7 heteroatoms. The molecule has 3 aromatic rings. The molecule has 2 aromatic heterocycles. The molecule has 0 fully saturated rings. The van der Waals surface area contributed by atoms with Crippen LogP contribution >= 0.6 is 11.3 Å². The summed E-state index contributed by atoms with van der Waals surface area (Å²) >= 11 is 1.49. The number of aromatic nitrogens is 2. The molecule has 0 aliphatic carbocycles. The number of methoxy groups -OCH3 is 1. The van der Waals surface area contributed by atoms with Crippen LogP contribution in [-0.4, -0.2) is 52.9 Å². The Morgan fingerprint density at radius 1 is 1.30 bits per heavy atom. The highest BCUT2D eigenvalue weighted by Crippen LogP contribution is 2.33. The molecule has 1 atom stereocenters. The predicted molar refractivity (Wildman–Crippen MR) is 123 cm³/mol. The van der Waals surface area contributed by atoms with E-state index in [1.165, 1.54) is 11.3 Å². The molecule has 0 saturated heterocycles. The molecule has 30 heavy (non-hydrogen) atoms. The molecule has 0 amide bonds. The molecule has 3 rings (SSSR count). The fourth-order valence-electron chi connectivity index (χ4n) is 3.68. The number of H-pyrrole nitrogens is 1. The third-order valence-corrected chi connectivity index (χ3v) is 6.12. The number of ether oxygens (including phenoxy) is 1. The van der Waals surface area contributed by atoms with Crippen LogP contribution in [0.2, 0.25) is 0 Å². The number of benzene rings is 1. The molecule has 0 aliphatic rings. The molecule has 0 radical (unpaired) electrons. The summed E-state index contributed by atoms with van der Waals surface area (Å²) in [6, 6.07) is 6.28. The third kappa shape index (κ3) is 5.35. The van der Waals surface area contributed by atoms with E-state index >= 15 is 0 Å². The number of aliphatic hydroxyl groups is 1. The lowest BCUT2D eigenvalue weighted by atomic mass is 9.99. The fraction of sp³-hybridized carbons (Fsp3) is 0.478. The summed E-state index contributed by atoms with van der Waals surface area (Å²) in [7, 11) is 1.66. The Kier molecular flexibility index (Phi) is 7.77. The summed E-state index contributed by atoms with van der Waals surface area (Å²) in [4.78, 5) is 23.5. The average molecular weight is 430 g/mol. The second-order valence-electron chi connectivity index (χ2n) is 7.83. The molecule has 1 aromatic carbocycles. The Morgan fingerprint density at radius 2 is 2.10 bits per heavy atom. The highest BCUT2D eigenvalue weighted by molar-refractivity contribution is 7.17. The summed E-state index contributed by atoms with van der Waals surface area (Å²) in [6.07, 6.45) is 1.27. The van der Waals surface area contributed by atoms with Crippen LogP contribution in [0.4, 0.5) is 0 Å². The van der Waals surface area contributed by atoms with Gasteiger partial charge in [-0.1, -0.05) is 37.1 Å². The van der Waals surface area contributed by atoms with Crippen molar-refractivity contribution in [1.29, 1.82) is 0 Å². The van der Waals surface area contributed by atoms with Crippen LogP contribution in [-0.2, 0) is 11.3 Å². The van der Waals surface area contributed by atoms with Crippen LogP contribution in [0.1, 0.15) is 36.7 Å². The SMILES string of the molecule is CCCC(O)CN(CCOC)Cc1nc2scc(-c3cc(C)ccc3C)c2c(=O)[nH]1. The van der Waals surface area contributed by atoms with Crippen LogP contribution in [0, 0.1) is 13.8 Å². The van der Waals surface area contributed by atoms with Crippen molar-refractivity contribution in [3.63, 3.8) is 0 Å². The van der Waals surface area contributed by atoms with Gasteiger partial charge in [0.25, 0.3) is 5.56 Å². The molecule has 0 aliphatic heterocycles. The highest BCUT2D eigenvalue weighted by Gasteiger charge is 2.17. The minimum atomic E-state index is -0.403. The van der Waals surface area contributed by atoms with Gasteiger partial charge < -0.3 is 14.8 Å². The summed E-state index contributed by atoms with van der Waals surface area (Å²) in [6.45, 7) is 8.38. The smallest absolute Gasteiger partial charge is 0.260 e. The maximum atomic E-state index is 13.0. The first-order chi connectivity index (χ1) is 14.4.